The first-order chi connectivity index (χ1) is 12.3. The lowest BCUT2D eigenvalue weighted by molar-refractivity contribution is 0.0382. The van der Waals surface area contributed by atoms with Crippen LogP contribution in [0.3, 0.4) is 0 Å². The standard InChI is InChI=1S/C18H19FN2O4S/c19-14-5-1-12(2-6-14)16-9-10-21(11-17(16)22)18(23)13-3-7-15(8-4-13)26(20,24)25/h1-8,16-17,22H,9-11H2,(H2,20,24,25)/t16-,17+/m1/s1. The van der Waals surface area contributed by atoms with E-state index < -0.39 is 16.1 Å². The zero-order valence-corrected chi connectivity index (χ0v) is 14.7. The summed E-state index contributed by atoms with van der Waals surface area (Å²) in [6.07, 6.45) is -0.213. The molecule has 2 aromatic rings. The molecule has 0 radical (unpaired) electrons. The molecule has 1 heterocycles. The van der Waals surface area contributed by atoms with Gasteiger partial charge in [-0.2, -0.15) is 0 Å². The number of nitrogens with two attached hydrogens (primary N) is 1. The number of β-amino-alcohol motifs (C(OH)–C–C–N with tert-alkyl or cyclic N) is 1. The Balaban J connectivity index is 1.70. The van der Waals surface area contributed by atoms with Gasteiger partial charge in [0, 0.05) is 24.6 Å². The van der Waals surface area contributed by atoms with Crippen molar-refractivity contribution >= 4 is 15.9 Å². The van der Waals surface area contributed by atoms with Crippen LogP contribution in [0.5, 0.6) is 0 Å². The number of aliphatic hydroxyl groups is 1. The molecule has 26 heavy (non-hydrogen) atoms. The smallest absolute Gasteiger partial charge is 0.253 e. The molecule has 0 spiro atoms. The molecule has 0 bridgehead atoms. The molecule has 1 fully saturated rings. The molecular weight excluding hydrogens is 359 g/mol. The van der Waals surface area contributed by atoms with Gasteiger partial charge in [-0.25, -0.2) is 17.9 Å². The van der Waals surface area contributed by atoms with E-state index in [1.807, 2.05) is 0 Å². The van der Waals surface area contributed by atoms with E-state index in [2.05, 4.69) is 0 Å². The van der Waals surface area contributed by atoms with Gasteiger partial charge in [-0.1, -0.05) is 12.1 Å². The first-order valence-corrected chi connectivity index (χ1v) is 9.66. The average molecular weight is 378 g/mol. The lowest BCUT2D eigenvalue weighted by Gasteiger charge is -2.36. The van der Waals surface area contributed by atoms with Gasteiger partial charge < -0.3 is 10.0 Å². The predicted octanol–water partition coefficient (Wildman–Crippen LogP) is 1.46. The number of likely N-dealkylation sites (tertiary alicyclic amines) is 1. The number of amides is 1. The highest BCUT2D eigenvalue weighted by molar-refractivity contribution is 7.89. The molecule has 8 heteroatoms. The molecule has 1 aliphatic heterocycles. The van der Waals surface area contributed by atoms with Crippen molar-refractivity contribution in [2.75, 3.05) is 13.1 Å². The third-order valence-electron chi connectivity index (χ3n) is 4.60. The van der Waals surface area contributed by atoms with Gasteiger partial charge in [-0.15, -0.1) is 0 Å². The molecule has 1 saturated heterocycles. The highest BCUT2D eigenvalue weighted by Crippen LogP contribution is 2.29. The molecule has 6 nitrogen and oxygen atoms in total. The van der Waals surface area contributed by atoms with Gasteiger partial charge in [0.25, 0.3) is 5.91 Å². The monoisotopic (exact) mass is 378 g/mol. The Labute approximate surface area is 151 Å². The van der Waals surface area contributed by atoms with E-state index in [0.29, 0.717) is 18.5 Å². The van der Waals surface area contributed by atoms with Crippen molar-refractivity contribution in [3.63, 3.8) is 0 Å². The second kappa shape index (κ2) is 7.14. The van der Waals surface area contributed by atoms with Gasteiger partial charge in [0.1, 0.15) is 5.82 Å². The summed E-state index contributed by atoms with van der Waals surface area (Å²) in [6.45, 7) is 0.590. The van der Waals surface area contributed by atoms with Crippen molar-refractivity contribution in [3.8, 4) is 0 Å². The summed E-state index contributed by atoms with van der Waals surface area (Å²) in [4.78, 5) is 14.0. The fourth-order valence-electron chi connectivity index (χ4n) is 3.18. The zero-order chi connectivity index (χ0) is 18.9. The Kier molecular flexibility index (Phi) is 5.08. The SMILES string of the molecule is NS(=O)(=O)c1ccc(C(=O)N2CC[C@H](c3ccc(F)cc3)[C@@H](O)C2)cc1. The third kappa shape index (κ3) is 3.92. The van der Waals surface area contributed by atoms with Gasteiger partial charge >= 0.3 is 0 Å². The van der Waals surface area contributed by atoms with Gasteiger partial charge in [0.2, 0.25) is 10.0 Å². The topological polar surface area (TPSA) is 101 Å². The molecule has 0 aliphatic carbocycles. The van der Waals surface area contributed by atoms with Gasteiger partial charge in [0.15, 0.2) is 0 Å². The van der Waals surface area contributed by atoms with E-state index in [1.54, 1.807) is 12.1 Å². The number of rotatable bonds is 3. The largest absolute Gasteiger partial charge is 0.391 e. The summed E-state index contributed by atoms with van der Waals surface area (Å²) in [5.41, 5.74) is 1.16. The maximum atomic E-state index is 13.0. The van der Waals surface area contributed by atoms with Crippen molar-refractivity contribution in [1.29, 1.82) is 0 Å². The first-order valence-electron chi connectivity index (χ1n) is 8.11. The van der Waals surface area contributed by atoms with Crippen molar-refractivity contribution < 1.29 is 22.7 Å². The summed E-state index contributed by atoms with van der Waals surface area (Å²) >= 11 is 0. The van der Waals surface area contributed by atoms with E-state index in [0.717, 1.165) is 5.56 Å². The van der Waals surface area contributed by atoms with E-state index >= 15 is 0 Å². The fourth-order valence-corrected chi connectivity index (χ4v) is 3.70. The number of hydrogen-bond acceptors (Lipinski definition) is 4. The zero-order valence-electron chi connectivity index (χ0n) is 13.9. The Morgan fingerprint density at radius 1 is 1.12 bits per heavy atom. The quantitative estimate of drug-likeness (QED) is 0.844. The fraction of sp³-hybridized carbons (Fsp3) is 0.278. The lowest BCUT2D eigenvalue weighted by atomic mass is 9.87. The predicted molar refractivity (Wildman–Crippen MR) is 93.5 cm³/mol. The summed E-state index contributed by atoms with van der Waals surface area (Å²) in [6, 6.07) is 11.4. The van der Waals surface area contributed by atoms with Crippen LogP contribution in [0.1, 0.15) is 28.3 Å². The van der Waals surface area contributed by atoms with Gasteiger partial charge in [0.05, 0.1) is 11.0 Å². The lowest BCUT2D eigenvalue weighted by Crippen LogP contribution is -2.45. The number of nitrogens with zero attached hydrogens (tertiary/aromatic N) is 1. The van der Waals surface area contributed by atoms with E-state index in [4.69, 9.17) is 5.14 Å². The molecule has 138 valence electrons. The molecule has 0 aromatic heterocycles. The second-order valence-electron chi connectivity index (χ2n) is 6.33. The summed E-state index contributed by atoms with van der Waals surface area (Å²) in [5, 5.41) is 15.5. The van der Waals surface area contributed by atoms with Crippen LogP contribution in [-0.4, -0.2) is 43.5 Å². The number of carbonyl (C=O) groups excluding carboxylic acids is 1. The number of aliphatic hydroxyl groups excluding tert-OH is 1. The highest BCUT2D eigenvalue weighted by atomic mass is 32.2. The maximum absolute atomic E-state index is 13.0. The highest BCUT2D eigenvalue weighted by Gasteiger charge is 2.31. The van der Waals surface area contributed by atoms with Crippen LogP contribution in [0.2, 0.25) is 0 Å². The molecule has 0 saturated carbocycles. The van der Waals surface area contributed by atoms with E-state index in [9.17, 15) is 22.7 Å². The first kappa shape index (κ1) is 18.5. The minimum Gasteiger partial charge on any atom is -0.391 e. The van der Waals surface area contributed by atoms with Gasteiger partial charge in [-0.05, 0) is 48.4 Å². The van der Waals surface area contributed by atoms with Crippen molar-refractivity contribution in [1.82, 2.24) is 4.90 Å². The molecule has 3 rings (SSSR count). The van der Waals surface area contributed by atoms with Crippen molar-refractivity contribution in [2.45, 2.75) is 23.3 Å². The Morgan fingerprint density at radius 3 is 2.27 bits per heavy atom. The Morgan fingerprint density at radius 2 is 1.73 bits per heavy atom. The Hall–Kier alpha value is -2.29. The number of carbonyl (C=O) groups is 1. The van der Waals surface area contributed by atoms with E-state index in [-0.39, 0.29) is 29.1 Å². The average Bonchev–Trinajstić information content (AvgIpc) is 2.61. The molecule has 3 N–H and O–H groups in total. The summed E-state index contributed by atoms with van der Waals surface area (Å²) in [5.74, 6) is -0.786. The molecule has 0 unspecified atom stereocenters. The summed E-state index contributed by atoms with van der Waals surface area (Å²) in [7, 11) is -3.81. The Bertz CT molecular complexity index is 898. The van der Waals surface area contributed by atoms with Crippen LogP contribution in [0.4, 0.5) is 4.39 Å². The number of piperidine rings is 1. The van der Waals surface area contributed by atoms with Crippen molar-refractivity contribution in [2.24, 2.45) is 5.14 Å². The summed E-state index contributed by atoms with van der Waals surface area (Å²) < 4.78 is 35.6. The molecule has 1 aliphatic rings. The minimum atomic E-state index is -3.81. The molecule has 1 amide bonds. The number of halogens is 1. The van der Waals surface area contributed by atoms with Crippen molar-refractivity contribution in [3.05, 3.63) is 65.5 Å². The number of benzene rings is 2. The molecule has 2 atom stereocenters. The minimum absolute atomic E-state index is 0.0656. The second-order valence-corrected chi connectivity index (χ2v) is 7.90. The number of primary sulfonamides is 1. The van der Waals surface area contributed by atoms with Crippen LogP contribution in [0, 0.1) is 5.82 Å². The molecular formula is C18H19FN2O4S. The third-order valence-corrected chi connectivity index (χ3v) is 5.53. The maximum Gasteiger partial charge on any atom is 0.253 e. The van der Waals surface area contributed by atoms with Crippen LogP contribution in [-0.2, 0) is 10.0 Å². The number of hydrogen-bond donors (Lipinski definition) is 2. The van der Waals surface area contributed by atoms with Gasteiger partial charge in [-0.3, -0.25) is 4.79 Å². The number of sulfonamides is 1. The normalized spacial score (nSPS) is 20.8. The van der Waals surface area contributed by atoms with E-state index in [1.165, 1.54) is 41.3 Å². The van der Waals surface area contributed by atoms with Crippen LogP contribution >= 0.6 is 0 Å². The molecule has 2 aromatic carbocycles. The van der Waals surface area contributed by atoms with Crippen LogP contribution < -0.4 is 5.14 Å². The van der Waals surface area contributed by atoms with Crippen LogP contribution in [0.15, 0.2) is 53.4 Å². The van der Waals surface area contributed by atoms with Crippen LogP contribution in [0.25, 0.3) is 0 Å².